The Labute approximate surface area is 172 Å². The highest BCUT2D eigenvalue weighted by Gasteiger charge is 2.23. The molecule has 1 aliphatic heterocycles. The number of rotatable bonds is 3. The molecule has 1 saturated heterocycles. The van der Waals surface area contributed by atoms with Crippen LogP contribution in [0.2, 0.25) is 5.15 Å². The van der Waals surface area contributed by atoms with Gasteiger partial charge in [-0.15, -0.1) is 11.3 Å². The normalized spacial score (nSPS) is 15.6. The molecule has 7 heteroatoms. The molecule has 0 saturated carbocycles. The van der Waals surface area contributed by atoms with Gasteiger partial charge in [-0.1, -0.05) is 36.7 Å². The van der Waals surface area contributed by atoms with E-state index in [0.29, 0.717) is 5.15 Å². The summed E-state index contributed by atoms with van der Waals surface area (Å²) in [5.41, 5.74) is 2.91. The summed E-state index contributed by atoms with van der Waals surface area (Å²) in [6.07, 6.45) is 1.67. The van der Waals surface area contributed by atoms with E-state index >= 15 is 0 Å². The predicted molar refractivity (Wildman–Crippen MR) is 117 cm³/mol. The first-order valence-corrected chi connectivity index (χ1v) is 10.8. The number of pyridine rings is 1. The minimum Gasteiger partial charge on any atom is -0.353 e. The average Bonchev–Trinajstić information content (AvgIpc) is 3.17. The lowest BCUT2D eigenvalue weighted by atomic mass is 10.1. The van der Waals surface area contributed by atoms with E-state index in [1.54, 1.807) is 17.7 Å². The Kier molecular flexibility index (Phi) is 4.62. The van der Waals surface area contributed by atoms with E-state index in [1.165, 1.54) is 0 Å². The van der Waals surface area contributed by atoms with Gasteiger partial charge in [0.05, 0.1) is 10.9 Å². The highest BCUT2D eigenvalue weighted by molar-refractivity contribution is 7.17. The summed E-state index contributed by atoms with van der Waals surface area (Å²) in [7, 11) is 0. The van der Waals surface area contributed by atoms with Gasteiger partial charge in [0.2, 0.25) is 0 Å². The third-order valence-corrected chi connectivity index (χ3v) is 6.61. The number of para-hydroxylation sites is 1. The molecule has 0 unspecified atom stereocenters. The van der Waals surface area contributed by atoms with E-state index in [4.69, 9.17) is 11.6 Å². The van der Waals surface area contributed by atoms with Gasteiger partial charge in [-0.3, -0.25) is 0 Å². The van der Waals surface area contributed by atoms with Gasteiger partial charge in [0.15, 0.2) is 0 Å². The highest BCUT2D eigenvalue weighted by atomic mass is 35.5. The van der Waals surface area contributed by atoms with E-state index in [-0.39, 0.29) is 0 Å². The first-order valence-electron chi connectivity index (χ1n) is 9.49. The second kappa shape index (κ2) is 7.28. The minimum atomic E-state index is 0.518. The number of likely N-dealkylation sites (N-methyl/N-ethyl adjacent to an activating group) is 1. The second-order valence-corrected chi connectivity index (χ2v) is 8.18. The third-order valence-electron chi connectivity index (χ3n) is 5.44. The maximum Gasteiger partial charge on any atom is 0.141 e. The predicted octanol–water partition coefficient (Wildman–Crippen LogP) is 4.70. The molecule has 1 fully saturated rings. The molecule has 0 bridgehead atoms. The molecule has 4 heterocycles. The number of hydrogen-bond donors (Lipinski definition) is 0. The molecule has 0 atom stereocenters. The molecule has 0 aliphatic carbocycles. The maximum absolute atomic E-state index is 6.60. The van der Waals surface area contributed by atoms with Crippen LogP contribution >= 0.6 is 22.9 Å². The van der Waals surface area contributed by atoms with E-state index in [1.807, 2.05) is 18.2 Å². The van der Waals surface area contributed by atoms with Crippen molar-refractivity contribution >= 4 is 49.9 Å². The fraction of sp³-hybridized carbons (Fsp3) is 0.286. The Morgan fingerprint density at radius 2 is 1.89 bits per heavy atom. The molecule has 1 aliphatic rings. The summed E-state index contributed by atoms with van der Waals surface area (Å²) >= 11 is 8.23. The smallest absolute Gasteiger partial charge is 0.141 e. The Bertz CT molecular complexity index is 1150. The largest absolute Gasteiger partial charge is 0.353 e. The summed E-state index contributed by atoms with van der Waals surface area (Å²) < 4.78 is 0. The van der Waals surface area contributed by atoms with Crippen LogP contribution in [0.25, 0.3) is 32.2 Å². The SMILES string of the molecule is CCN1CCN(c2ncnc3scc(-c4cc5ccccc5nc4Cl)c23)CC1. The van der Waals surface area contributed by atoms with Crippen molar-refractivity contribution in [2.45, 2.75) is 6.92 Å². The molecule has 28 heavy (non-hydrogen) atoms. The van der Waals surface area contributed by atoms with Crippen LogP contribution in [0.4, 0.5) is 5.82 Å². The number of thiophene rings is 1. The zero-order valence-electron chi connectivity index (χ0n) is 15.6. The van der Waals surface area contributed by atoms with Crippen LogP contribution in [0, 0.1) is 0 Å². The Morgan fingerprint density at radius 1 is 1.07 bits per heavy atom. The summed E-state index contributed by atoms with van der Waals surface area (Å²) in [6.45, 7) is 7.36. The number of aromatic nitrogens is 3. The van der Waals surface area contributed by atoms with Crippen molar-refractivity contribution in [3.8, 4) is 11.1 Å². The van der Waals surface area contributed by atoms with Crippen molar-refractivity contribution < 1.29 is 0 Å². The molecule has 1 aromatic carbocycles. The second-order valence-electron chi connectivity index (χ2n) is 6.97. The third kappa shape index (κ3) is 3.02. The molecule has 3 aromatic heterocycles. The Hall–Kier alpha value is -2.28. The molecule has 4 aromatic rings. The van der Waals surface area contributed by atoms with E-state index in [9.17, 15) is 0 Å². The van der Waals surface area contributed by atoms with Crippen molar-refractivity contribution in [2.24, 2.45) is 0 Å². The standard InChI is InChI=1S/C21H20ClN5S/c1-2-26-7-9-27(10-8-26)20-18-16(12-28-21(18)24-13-23-20)15-11-14-5-3-4-6-17(14)25-19(15)22/h3-6,11-13H,2,7-10H2,1H3. The number of anilines is 1. The topological polar surface area (TPSA) is 45.2 Å². The van der Waals surface area contributed by atoms with Crippen molar-refractivity contribution in [1.82, 2.24) is 19.9 Å². The molecule has 5 nitrogen and oxygen atoms in total. The molecule has 5 rings (SSSR count). The molecule has 0 radical (unpaired) electrons. The quantitative estimate of drug-likeness (QED) is 0.459. The molecular weight excluding hydrogens is 390 g/mol. The lowest BCUT2D eigenvalue weighted by Crippen LogP contribution is -2.46. The van der Waals surface area contributed by atoms with Gasteiger partial charge >= 0.3 is 0 Å². The molecular formula is C21H20ClN5S. The van der Waals surface area contributed by atoms with Gasteiger partial charge in [-0.25, -0.2) is 15.0 Å². The van der Waals surface area contributed by atoms with E-state index < -0.39 is 0 Å². The summed E-state index contributed by atoms with van der Waals surface area (Å²) in [5, 5.41) is 4.81. The highest BCUT2D eigenvalue weighted by Crippen LogP contribution is 2.41. The Balaban J connectivity index is 1.64. The van der Waals surface area contributed by atoms with Crippen LogP contribution in [-0.4, -0.2) is 52.6 Å². The van der Waals surface area contributed by atoms with Gasteiger partial charge < -0.3 is 9.80 Å². The molecule has 0 N–H and O–H groups in total. The molecule has 0 spiro atoms. The lowest BCUT2D eigenvalue weighted by Gasteiger charge is -2.35. The van der Waals surface area contributed by atoms with Crippen LogP contribution in [0.5, 0.6) is 0 Å². The number of fused-ring (bicyclic) bond motifs is 2. The van der Waals surface area contributed by atoms with Crippen molar-refractivity contribution in [3.63, 3.8) is 0 Å². The summed E-state index contributed by atoms with van der Waals surface area (Å²) in [5.74, 6) is 1.00. The Morgan fingerprint density at radius 3 is 2.71 bits per heavy atom. The number of hydrogen-bond acceptors (Lipinski definition) is 6. The number of nitrogens with zero attached hydrogens (tertiary/aromatic N) is 5. The lowest BCUT2D eigenvalue weighted by molar-refractivity contribution is 0.271. The van der Waals surface area contributed by atoms with Gasteiger partial charge in [0.25, 0.3) is 0 Å². The fourth-order valence-electron chi connectivity index (χ4n) is 3.85. The van der Waals surface area contributed by atoms with Crippen molar-refractivity contribution in [1.29, 1.82) is 0 Å². The van der Waals surface area contributed by atoms with Crippen LogP contribution in [-0.2, 0) is 0 Å². The number of piperazine rings is 1. The summed E-state index contributed by atoms with van der Waals surface area (Å²) in [6, 6.07) is 10.2. The van der Waals surface area contributed by atoms with Gasteiger partial charge in [-0.05, 0) is 18.7 Å². The maximum atomic E-state index is 6.60. The van der Waals surface area contributed by atoms with Crippen LogP contribution < -0.4 is 4.90 Å². The van der Waals surface area contributed by atoms with Gasteiger partial charge in [-0.2, -0.15) is 0 Å². The van der Waals surface area contributed by atoms with Crippen LogP contribution in [0.1, 0.15) is 6.92 Å². The number of halogens is 1. The minimum absolute atomic E-state index is 0.518. The van der Waals surface area contributed by atoms with Crippen LogP contribution in [0.15, 0.2) is 42.0 Å². The molecule has 0 amide bonds. The van der Waals surface area contributed by atoms with E-state index in [2.05, 4.69) is 49.2 Å². The van der Waals surface area contributed by atoms with Gasteiger partial charge in [0, 0.05) is 48.1 Å². The zero-order chi connectivity index (χ0) is 19.1. The summed E-state index contributed by atoms with van der Waals surface area (Å²) in [4.78, 5) is 19.6. The fourth-order valence-corrected chi connectivity index (χ4v) is 5.00. The monoisotopic (exact) mass is 409 g/mol. The van der Waals surface area contributed by atoms with E-state index in [0.717, 1.165) is 70.8 Å². The van der Waals surface area contributed by atoms with Crippen molar-refractivity contribution in [2.75, 3.05) is 37.6 Å². The van der Waals surface area contributed by atoms with Crippen molar-refractivity contribution in [3.05, 3.63) is 47.2 Å². The van der Waals surface area contributed by atoms with Crippen LogP contribution in [0.3, 0.4) is 0 Å². The first-order chi connectivity index (χ1) is 13.7. The van der Waals surface area contributed by atoms with Gasteiger partial charge in [0.1, 0.15) is 22.1 Å². The number of benzene rings is 1. The average molecular weight is 410 g/mol. The zero-order valence-corrected chi connectivity index (χ0v) is 17.2. The first kappa shape index (κ1) is 17.8. The molecule has 142 valence electrons.